The van der Waals surface area contributed by atoms with Gasteiger partial charge in [0.15, 0.2) is 5.96 Å². The highest BCUT2D eigenvalue weighted by molar-refractivity contribution is 5.94. The van der Waals surface area contributed by atoms with Crippen molar-refractivity contribution in [2.75, 3.05) is 19.6 Å². The maximum atomic E-state index is 12.6. The molecule has 0 spiro atoms. The molecule has 0 unspecified atom stereocenters. The number of nitrogens with zero attached hydrogens (tertiary/aromatic N) is 2. The molecule has 2 aromatic rings. The fraction of sp³-hybridized carbons (Fsp3) is 0.476. The third kappa shape index (κ3) is 7.62. The smallest absolute Gasteiger partial charge is 0.416 e. The number of carbonyl (C=O) groups is 1. The zero-order valence-corrected chi connectivity index (χ0v) is 18.1. The summed E-state index contributed by atoms with van der Waals surface area (Å²) < 4.78 is 43.5. The molecule has 0 atom stereocenters. The van der Waals surface area contributed by atoms with Crippen LogP contribution in [0, 0.1) is 0 Å². The van der Waals surface area contributed by atoms with Gasteiger partial charge in [-0.2, -0.15) is 13.2 Å². The molecular weight excluding hydrogens is 411 g/mol. The second kappa shape index (κ2) is 10.3. The Morgan fingerprint density at radius 1 is 1.06 bits per heavy atom. The van der Waals surface area contributed by atoms with Crippen LogP contribution >= 0.6 is 0 Å². The maximum Gasteiger partial charge on any atom is 0.416 e. The number of benzene rings is 1. The number of aliphatic imine (C=N–C) groups is 1. The Hall–Kier alpha value is -3.04. The molecule has 0 fully saturated rings. The Bertz CT molecular complexity index is 884. The van der Waals surface area contributed by atoms with Crippen LogP contribution in [0.5, 0.6) is 0 Å². The highest BCUT2D eigenvalue weighted by Gasteiger charge is 2.30. The monoisotopic (exact) mass is 439 g/mol. The van der Waals surface area contributed by atoms with Gasteiger partial charge in [-0.15, -0.1) is 0 Å². The Labute approximate surface area is 179 Å². The molecule has 0 aliphatic rings. The highest BCUT2D eigenvalue weighted by Crippen LogP contribution is 2.29. The van der Waals surface area contributed by atoms with Gasteiger partial charge in [-0.05, 0) is 31.2 Å². The Balaban J connectivity index is 1.83. The molecule has 0 saturated heterocycles. The van der Waals surface area contributed by atoms with Gasteiger partial charge in [-0.1, -0.05) is 20.8 Å². The molecule has 31 heavy (non-hydrogen) atoms. The minimum absolute atomic E-state index is 0.136. The summed E-state index contributed by atoms with van der Waals surface area (Å²) in [6, 6.07) is 4.08. The van der Waals surface area contributed by atoms with Gasteiger partial charge in [0.05, 0.1) is 11.8 Å². The number of rotatable bonds is 7. The molecule has 0 radical (unpaired) electrons. The molecule has 1 aromatic heterocycles. The lowest BCUT2D eigenvalue weighted by Crippen LogP contribution is -2.41. The van der Waals surface area contributed by atoms with Crippen LogP contribution < -0.4 is 16.0 Å². The second-order valence-electron chi connectivity index (χ2n) is 7.82. The van der Waals surface area contributed by atoms with Gasteiger partial charge in [0.25, 0.3) is 5.91 Å². The number of aromatic nitrogens is 1. The van der Waals surface area contributed by atoms with Crippen molar-refractivity contribution >= 4 is 11.9 Å². The van der Waals surface area contributed by atoms with Crippen molar-refractivity contribution in [1.29, 1.82) is 0 Å². The van der Waals surface area contributed by atoms with Crippen molar-refractivity contribution in [2.24, 2.45) is 4.99 Å². The zero-order valence-electron chi connectivity index (χ0n) is 18.1. The summed E-state index contributed by atoms with van der Waals surface area (Å²) in [4.78, 5) is 20.7. The summed E-state index contributed by atoms with van der Waals surface area (Å²) in [6.07, 6.45) is -2.73. The number of hydrogen-bond acceptors (Lipinski definition) is 4. The molecule has 0 aliphatic carbocycles. The van der Waals surface area contributed by atoms with E-state index in [2.05, 4.69) is 25.9 Å². The van der Waals surface area contributed by atoms with Gasteiger partial charge >= 0.3 is 6.18 Å². The van der Waals surface area contributed by atoms with Crippen LogP contribution in [-0.2, 0) is 18.1 Å². The Kier molecular flexibility index (Phi) is 8.07. The van der Waals surface area contributed by atoms with Crippen LogP contribution in [0.3, 0.4) is 0 Å². The SMILES string of the molecule is CCNC(=NCc1ncc(C(C)(C)C)o1)NCCNC(=O)c1ccc(C(F)(F)F)cc1. The third-order valence-electron chi connectivity index (χ3n) is 4.19. The van der Waals surface area contributed by atoms with Crippen LogP contribution in [0.4, 0.5) is 13.2 Å². The summed E-state index contributed by atoms with van der Waals surface area (Å²) >= 11 is 0. The summed E-state index contributed by atoms with van der Waals surface area (Å²) in [5.41, 5.74) is -0.770. The van der Waals surface area contributed by atoms with Crippen LogP contribution in [-0.4, -0.2) is 36.5 Å². The number of oxazole rings is 1. The lowest BCUT2D eigenvalue weighted by Gasteiger charge is -2.13. The van der Waals surface area contributed by atoms with Crippen LogP contribution in [0.2, 0.25) is 0 Å². The third-order valence-corrected chi connectivity index (χ3v) is 4.19. The predicted octanol–water partition coefficient (Wildman–Crippen LogP) is 3.48. The first-order chi connectivity index (χ1) is 14.5. The van der Waals surface area contributed by atoms with E-state index < -0.39 is 17.6 Å². The van der Waals surface area contributed by atoms with Gasteiger partial charge in [0, 0.05) is 30.6 Å². The molecule has 1 heterocycles. The summed E-state index contributed by atoms with van der Waals surface area (Å²) in [6.45, 7) is 9.55. The van der Waals surface area contributed by atoms with E-state index in [1.165, 1.54) is 0 Å². The number of alkyl halides is 3. The van der Waals surface area contributed by atoms with Gasteiger partial charge in [-0.3, -0.25) is 4.79 Å². The minimum Gasteiger partial charge on any atom is -0.443 e. The average molecular weight is 439 g/mol. The number of halogens is 3. The number of guanidine groups is 1. The molecule has 170 valence electrons. The van der Waals surface area contributed by atoms with Crippen molar-refractivity contribution in [1.82, 2.24) is 20.9 Å². The molecule has 1 amide bonds. The van der Waals surface area contributed by atoms with Gasteiger partial charge < -0.3 is 20.4 Å². The maximum absolute atomic E-state index is 12.6. The normalized spacial score (nSPS) is 12.5. The lowest BCUT2D eigenvalue weighted by atomic mass is 9.94. The summed E-state index contributed by atoms with van der Waals surface area (Å²) in [7, 11) is 0. The number of nitrogens with one attached hydrogen (secondary N) is 3. The molecule has 1 aromatic carbocycles. The number of amides is 1. The number of hydrogen-bond donors (Lipinski definition) is 3. The van der Waals surface area contributed by atoms with Gasteiger partial charge in [0.1, 0.15) is 12.3 Å². The molecule has 0 bridgehead atoms. The van der Waals surface area contributed by atoms with E-state index in [0.717, 1.165) is 30.0 Å². The topological polar surface area (TPSA) is 91.6 Å². The molecule has 0 aliphatic heterocycles. The van der Waals surface area contributed by atoms with Crippen molar-refractivity contribution in [3.63, 3.8) is 0 Å². The van der Waals surface area contributed by atoms with Gasteiger partial charge in [-0.25, -0.2) is 9.98 Å². The van der Waals surface area contributed by atoms with E-state index in [1.807, 2.05) is 27.7 Å². The first kappa shape index (κ1) is 24.2. The van der Waals surface area contributed by atoms with E-state index in [9.17, 15) is 18.0 Å². The van der Waals surface area contributed by atoms with Crippen LogP contribution in [0.15, 0.2) is 39.9 Å². The molecule has 0 saturated carbocycles. The first-order valence-corrected chi connectivity index (χ1v) is 9.93. The van der Waals surface area contributed by atoms with E-state index in [-0.39, 0.29) is 24.1 Å². The Morgan fingerprint density at radius 3 is 2.26 bits per heavy atom. The molecule has 7 nitrogen and oxygen atoms in total. The first-order valence-electron chi connectivity index (χ1n) is 9.93. The van der Waals surface area contributed by atoms with E-state index in [4.69, 9.17) is 4.42 Å². The van der Waals surface area contributed by atoms with Crippen molar-refractivity contribution < 1.29 is 22.4 Å². The molecular formula is C21H28F3N5O2. The van der Waals surface area contributed by atoms with E-state index >= 15 is 0 Å². The van der Waals surface area contributed by atoms with E-state index in [1.54, 1.807) is 6.20 Å². The fourth-order valence-electron chi connectivity index (χ4n) is 2.49. The average Bonchev–Trinajstić information content (AvgIpc) is 3.18. The summed E-state index contributed by atoms with van der Waals surface area (Å²) in [5.74, 6) is 1.35. The van der Waals surface area contributed by atoms with Crippen molar-refractivity contribution in [3.8, 4) is 0 Å². The number of carbonyl (C=O) groups excluding carboxylic acids is 1. The van der Waals surface area contributed by atoms with Crippen LogP contribution in [0.25, 0.3) is 0 Å². The Morgan fingerprint density at radius 2 is 1.71 bits per heavy atom. The molecule has 3 N–H and O–H groups in total. The largest absolute Gasteiger partial charge is 0.443 e. The summed E-state index contributed by atoms with van der Waals surface area (Å²) in [5, 5.41) is 8.80. The minimum atomic E-state index is -4.43. The van der Waals surface area contributed by atoms with Crippen molar-refractivity contribution in [3.05, 3.63) is 53.2 Å². The second-order valence-corrected chi connectivity index (χ2v) is 7.82. The van der Waals surface area contributed by atoms with Gasteiger partial charge in [0.2, 0.25) is 5.89 Å². The zero-order chi connectivity index (χ0) is 23.1. The highest BCUT2D eigenvalue weighted by atomic mass is 19.4. The molecule has 2 rings (SSSR count). The predicted molar refractivity (Wildman–Crippen MR) is 112 cm³/mol. The standard InChI is InChI=1S/C21H28F3N5O2/c1-5-25-19(29-13-17-28-12-16(31-17)20(2,3)4)27-11-10-26-18(30)14-6-8-15(9-7-14)21(22,23)24/h6-9,12H,5,10-11,13H2,1-4H3,(H,26,30)(H2,25,27,29). The lowest BCUT2D eigenvalue weighted by molar-refractivity contribution is -0.137. The fourth-order valence-corrected chi connectivity index (χ4v) is 2.49. The van der Waals surface area contributed by atoms with E-state index in [0.29, 0.717) is 24.9 Å². The van der Waals surface area contributed by atoms with Crippen LogP contribution in [0.1, 0.15) is 55.3 Å². The van der Waals surface area contributed by atoms with Crippen molar-refractivity contribution in [2.45, 2.75) is 45.8 Å². The quantitative estimate of drug-likeness (QED) is 0.349. The molecule has 10 heteroatoms.